The van der Waals surface area contributed by atoms with Crippen LogP contribution in [0.1, 0.15) is 0 Å². The third-order valence-corrected chi connectivity index (χ3v) is 0.387. The van der Waals surface area contributed by atoms with E-state index in [4.69, 9.17) is 2.75 Å². The van der Waals surface area contributed by atoms with Gasteiger partial charge in [0.15, 0.2) is 0 Å². The van der Waals surface area contributed by atoms with Crippen LogP contribution in [-0.4, -0.2) is 15.9 Å². The predicted molar refractivity (Wildman–Crippen MR) is 24.5 cm³/mol. The van der Waals surface area contributed by atoms with Crippen LogP contribution in [0.2, 0.25) is 1.41 Å². The van der Waals surface area contributed by atoms with Crippen molar-refractivity contribution < 1.29 is 1.41 Å². The zero-order chi connectivity index (χ0) is 4.99. The van der Waals surface area contributed by atoms with Gasteiger partial charge in [-0.2, -0.15) is 0 Å². The molecule has 0 saturated carbocycles. The van der Waals surface area contributed by atoms with E-state index in [-0.39, 0.29) is 8.61 Å². The summed E-state index contributed by atoms with van der Waals surface area (Å²) in [6.07, 6.45) is 0. The van der Waals surface area contributed by atoms with E-state index >= 15 is 0 Å². The first-order valence-corrected chi connectivity index (χ1v) is 1.98. The Hall–Kier alpha value is 0.455. The first kappa shape index (κ1) is 1.79. The summed E-state index contributed by atoms with van der Waals surface area (Å²) >= 11 is 0. The highest BCUT2D eigenvalue weighted by Crippen LogP contribution is 1.81. The largest absolute Gasteiger partial charge is 0.310 e. The van der Waals surface area contributed by atoms with Gasteiger partial charge in [0.2, 0.25) is 0 Å². The SMILES string of the molecule is [3H][B]PN([3H])C. The molecule has 1 N–H and O–H groups in total. The maximum absolute atomic E-state index is 6.67. The first-order valence-electron chi connectivity index (χ1n) is 1.98. The Balaban J connectivity index is 2.63. The molecule has 0 aromatic rings. The lowest BCUT2D eigenvalue weighted by Crippen LogP contribution is -1.83. The molecule has 0 heterocycles. The van der Waals surface area contributed by atoms with E-state index in [1.165, 1.54) is 12.6 Å². The smallest absolute Gasteiger partial charge is 0.140 e. The molecule has 1 nitrogen and oxygen atoms in total. The van der Waals surface area contributed by atoms with Crippen molar-refractivity contribution >= 4 is 16.1 Å². The molecule has 0 aliphatic rings. The fourth-order valence-electron chi connectivity index (χ4n) is 0. The molecule has 1 unspecified atom stereocenters. The van der Waals surface area contributed by atoms with E-state index in [0.717, 1.165) is 0 Å². The van der Waals surface area contributed by atoms with Gasteiger partial charge in [0.1, 0.15) is 8.94 Å². The third kappa shape index (κ3) is 2.45. The lowest BCUT2D eigenvalue weighted by Gasteiger charge is -1.76. The molecule has 3 heteroatoms. The second kappa shape index (κ2) is 3.45. The summed E-state index contributed by atoms with van der Waals surface area (Å²) < 4.78 is 13.1. The van der Waals surface area contributed by atoms with E-state index < -0.39 is 0 Å². The van der Waals surface area contributed by atoms with E-state index in [1.807, 2.05) is 0 Å². The Morgan fingerprint density at radius 3 is 3.50 bits per heavy atom. The zero-order valence-corrected chi connectivity index (χ0v) is 3.52. The molecule has 0 aliphatic carbocycles. The fourth-order valence-corrected chi connectivity index (χ4v) is 0. The minimum absolute atomic E-state index is 0.213. The first-order chi connectivity index (χ1) is 2.77. The molecule has 0 aliphatic heterocycles. The Kier molecular flexibility index (Phi) is 1.54. The fraction of sp³-hybridized carbons (Fsp3) is 1.00. The standard InChI is InChI=1S/CH6BNP/c1-3-4-2/h2-4H,1H3/i2T/hT. The number of hydrogen-bond donors (Lipinski definition) is 1. The van der Waals surface area contributed by atoms with Gasteiger partial charge in [-0.15, -0.1) is 8.61 Å². The average molecular weight is 77.9 g/mol. The highest BCUT2D eigenvalue weighted by atomic mass is 31.1. The van der Waals surface area contributed by atoms with Crippen LogP contribution in [0.3, 0.4) is 0 Å². The van der Waals surface area contributed by atoms with Gasteiger partial charge in [-0.1, -0.05) is 0 Å². The Morgan fingerprint density at radius 1 is 2.75 bits per heavy atom. The highest BCUT2D eigenvalue weighted by molar-refractivity contribution is 7.64. The van der Waals surface area contributed by atoms with Gasteiger partial charge in [0, 0.05) is 0 Å². The third-order valence-electron chi connectivity index (χ3n) is 0.129. The molecule has 1 radical (unpaired) electrons. The van der Waals surface area contributed by atoms with E-state index in [1.54, 1.807) is 7.05 Å². The normalized spacial score (nSPS) is 17.5. The van der Waals surface area contributed by atoms with Crippen LogP contribution in [0.5, 0.6) is 0 Å². The zero-order valence-electron chi connectivity index (χ0n) is 4.52. The van der Waals surface area contributed by atoms with Gasteiger partial charge in [-0.25, -0.2) is 0 Å². The summed E-state index contributed by atoms with van der Waals surface area (Å²) in [6, 6.07) is 0. The summed E-state index contributed by atoms with van der Waals surface area (Å²) in [7, 11) is 3.04. The molecule has 0 spiro atoms. The predicted octanol–water partition coefficient (Wildman–Crippen LogP) is -0.385. The molecule has 23 valence electrons. The molecule has 0 fully saturated rings. The molecular formula is CH6BNP. The molecule has 0 saturated heterocycles. The van der Waals surface area contributed by atoms with Crippen molar-refractivity contribution in [2.75, 3.05) is 7.05 Å². The molecule has 1 atom stereocenters. The van der Waals surface area contributed by atoms with Gasteiger partial charge < -0.3 is 5.08 Å². The van der Waals surface area contributed by atoms with Crippen LogP contribution in [0.25, 0.3) is 0 Å². The molecular weight excluding hydrogens is 67.8 g/mol. The van der Waals surface area contributed by atoms with Crippen LogP contribution >= 0.6 is 8.61 Å². The van der Waals surface area contributed by atoms with Gasteiger partial charge in [0.05, 0.1) is 0 Å². The summed E-state index contributed by atoms with van der Waals surface area (Å²) in [5.74, 6) is 0. The Morgan fingerprint density at radius 2 is 3.50 bits per heavy atom. The molecule has 0 aromatic carbocycles. The van der Waals surface area contributed by atoms with E-state index in [0.29, 0.717) is 0 Å². The van der Waals surface area contributed by atoms with Crippen LogP contribution in [0.15, 0.2) is 0 Å². The topological polar surface area (TPSA) is 12.0 Å². The summed E-state index contributed by atoms with van der Waals surface area (Å²) in [5, 5.41) is 1.22. The second-order valence-electron chi connectivity index (χ2n) is 0.353. The minimum Gasteiger partial charge on any atom is -0.310 e. The molecule has 4 heavy (non-hydrogen) atoms. The van der Waals surface area contributed by atoms with Crippen molar-refractivity contribution in [2.24, 2.45) is 0 Å². The minimum atomic E-state index is 0.213. The van der Waals surface area contributed by atoms with Crippen LogP contribution in [-0.2, 0) is 0 Å². The Labute approximate surface area is 32.2 Å². The molecule has 0 rings (SSSR count). The van der Waals surface area contributed by atoms with Gasteiger partial charge in [-0.05, 0) is 8.38 Å². The second-order valence-corrected chi connectivity index (χ2v) is 1.06. The van der Waals surface area contributed by atoms with Crippen molar-refractivity contribution in [1.82, 2.24) is 5.08 Å². The van der Waals surface area contributed by atoms with Crippen molar-refractivity contribution in [3.63, 3.8) is 0 Å². The van der Waals surface area contributed by atoms with Crippen molar-refractivity contribution in [3.05, 3.63) is 0 Å². The number of hydrogen-bond acceptors (Lipinski definition) is 1. The van der Waals surface area contributed by atoms with Gasteiger partial charge in [0.25, 0.3) is 0 Å². The monoisotopic (exact) mass is 78.0 g/mol. The molecule has 0 aromatic heterocycles. The maximum Gasteiger partial charge on any atom is 0.140 e. The van der Waals surface area contributed by atoms with Crippen LogP contribution < -0.4 is 5.08 Å². The van der Waals surface area contributed by atoms with Gasteiger partial charge in [-0.3, -0.25) is 0 Å². The molecule has 0 bridgehead atoms. The van der Waals surface area contributed by atoms with E-state index in [2.05, 4.69) is 0 Å². The van der Waals surface area contributed by atoms with Crippen molar-refractivity contribution in [1.29, 1.82) is 1.34 Å². The Bertz CT molecular complexity index is 34.7. The summed E-state index contributed by atoms with van der Waals surface area (Å²) in [4.78, 5) is 0. The lowest BCUT2D eigenvalue weighted by atomic mass is 10.8. The van der Waals surface area contributed by atoms with Crippen LogP contribution in [0.4, 0.5) is 0 Å². The average Bonchev–Trinajstić information content (AvgIpc) is 1.35. The maximum atomic E-state index is 6.67. The number of nitrogens with one attached hydrogen (secondary N) is 1. The summed E-state index contributed by atoms with van der Waals surface area (Å²) in [6.45, 7) is 0. The van der Waals surface area contributed by atoms with Crippen molar-refractivity contribution in [2.45, 2.75) is 0 Å². The summed E-state index contributed by atoms with van der Waals surface area (Å²) in [5.41, 5.74) is 0. The highest BCUT2D eigenvalue weighted by Gasteiger charge is 1.50. The lowest BCUT2D eigenvalue weighted by molar-refractivity contribution is 1.30. The van der Waals surface area contributed by atoms with Crippen molar-refractivity contribution in [3.8, 4) is 0 Å². The quantitative estimate of drug-likeness (QED) is 0.350. The molecule has 0 amide bonds. The van der Waals surface area contributed by atoms with E-state index in [9.17, 15) is 0 Å². The number of rotatable bonds is 2. The van der Waals surface area contributed by atoms with Gasteiger partial charge >= 0.3 is 0 Å². The van der Waals surface area contributed by atoms with Crippen LogP contribution in [0, 0.1) is 0 Å².